The Morgan fingerprint density at radius 1 is 1.18 bits per heavy atom. The number of anilines is 1. The lowest BCUT2D eigenvalue weighted by Gasteiger charge is -2.46. The smallest absolute Gasteiger partial charge is 0.376 e. The number of aromatic nitrogens is 3. The number of hydrogen-bond acceptors (Lipinski definition) is 6. The Hall–Kier alpha value is -2.95. The van der Waals surface area contributed by atoms with E-state index in [1.54, 1.807) is 17.3 Å². The van der Waals surface area contributed by atoms with Crippen LogP contribution in [0.1, 0.15) is 73.0 Å². The van der Waals surface area contributed by atoms with E-state index in [0.29, 0.717) is 49.0 Å². The standard InChI is InChI=1S/C30H36F3N5O2/c1-4-23-16-37(8-9-40-23)15-20-10-24-25(26(11-20)30(31,32)33)17-38(27(24)39)22-7-5-6-21(12-22)29(13-19(2)14-29)28-35-34-18-36(28)3/h5-7,10-12,18-19,23,27,39H,4,8-9,13-17H2,1-3H3/t19-,23-,27?,29+/m1/s1. The SMILES string of the molecule is CC[C@@H]1CN(Cc2cc3c(c(C(F)(F)F)c2)CN(c2cccc([C@]4(c5nncn5C)C[C@@H](C)C4)c2)C3O)CCO1. The van der Waals surface area contributed by atoms with Crippen molar-refractivity contribution in [2.75, 3.05) is 24.6 Å². The number of aliphatic hydroxyl groups excluding tert-OH is 1. The average molecular weight is 556 g/mol. The number of hydrogen-bond donors (Lipinski definition) is 1. The van der Waals surface area contributed by atoms with E-state index in [1.165, 1.54) is 6.07 Å². The van der Waals surface area contributed by atoms with Crippen LogP contribution in [0.15, 0.2) is 42.7 Å². The second kappa shape index (κ2) is 10.2. The van der Waals surface area contributed by atoms with Crippen LogP contribution < -0.4 is 4.90 Å². The largest absolute Gasteiger partial charge is 0.416 e. The van der Waals surface area contributed by atoms with Gasteiger partial charge in [0.1, 0.15) is 12.2 Å². The molecule has 3 heterocycles. The van der Waals surface area contributed by atoms with Crippen LogP contribution in [0.25, 0.3) is 0 Å². The second-order valence-corrected chi connectivity index (χ2v) is 11.8. The molecule has 1 aromatic heterocycles. The summed E-state index contributed by atoms with van der Waals surface area (Å²) >= 11 is 0. The molecule has 1 unspecified atom stereocenters. The van der Waals surface area contributed by atoms with Crippen LogP contribution in [-0.2, 0) is 36.5 Å². The van der Waals surface area contributed by atoms with Crippen molar-refractivity contribution in [2.45, 2.75) is 70.1 Å². The van der Waals surface area contributed by atoms with E-state index in [1.807, 2.05) is 42.8 Å². The summed E-state index contributed by atoms with van der Waals surface area (Å²) in [7, 11) is 1.93. The molecule has 2 aliphatic heterocycles. The number of alkyl halides is 3. The third kappa shape index (κ3) is 4.69. The van der Waals surface area contributed by atoms with Crippen molar-refractivity contribution in [3.63, 3.8) is 0 Å². The van der Waals surface area contributed by atoms with Gasteiger partial charge in [-0.1, -0.05) is 26.0 Å². The highest BCUT2D eigenvalue weighted by atomic mass is 19.4. The Kier molecular flexibility index (Phi) is 6.91. The Bertz CT molecular complexity index is 1380. The minimum atomic E-state index is -4.52. The van der Waals surface area contributed by atoms with Gasteiger partial charge < -0.3 is 19.3 Å². The molecule has 40 heavy (non-hydrogen) atoms. The van der Waals surface area contributed by atoms with Gasteiger partial charge in [-0.3, -0.25) is 4.90 Å². The third-order valence-corrected chi connectivity index (χ3v) is 8.90. The summed E-state index contributed by atoms with van der Waals surface area (Å²) in [4.78, 5) is 3.80. The quantitative estimate of drug-likeness (QED) is 0.453. The van der Waals surface area contributed by atoms with Gasteiger partial charge in [-0.15, -0.1) is 10.2 Å². The molecule has 2 fully saturated rings. The zero-order valence-corrected chi connectivity index (χ0v) is 23.2. The fourth-order valence-electron chi connectivity index (χ4n) is 6.97. The van der Waals surface area contributed by atoms with Crippen molar-refractivity contribution in [3.05, 3.63) is 76.4 Å². The zero-order chi connectivity index (χ0) is 28.2. The number of nitrogens with zero attached hydrogens (tertiary/aromatic N) is 5. The van der Waals surface area contributed by atoms with E-state index >= 15 is 0 Å². The van der Waals surface area contributed by atoms with Gasteiger partial charge in [-0.05, 0) is 66.1 Å². The molecule has 1 N–H and O–H groups in total. The lowest BCUT2D eigenvalue weighted by molar-refractivity contribution is -0.138. The number of halogens is 3. The van der Waals surface area contributed by atoms with Crippen LogP contribution >= 0.6 is 0 Å². The van der Waals surface area contributed by atoms with E-state index in [4.69, 9.17) is 4.74 Å². The summed E-state index contributed by atoms with van der Waals surface area (Å²) in [5, 5.41) is 19.9. The van der Waals surface area contributed by atoms with E-state index in [-0.39, 0.29) is 23.6 Å². The highest BCUT2D eigenvalue weighted by Crippen LogP contribution is 2.52. The molecule has 6 rings (SSSR count). The fraction of sp³-hybridized carbons (Fsp3) is 0.533. The van der Waals surface area contributed by atoms with Crippen LogP contribution in [0.2, 0.25) is 0 Å². The first-order chi connectivity index (χ1) is 19.1. The maximum absolute atomic E-state index is 14.3. The van der Waals surface area contributed by atoms with Crippen LogP contribution in [0.5, 0.6) is 0 Å². The number of aliphatic hydroxyl groups is 1. The maximum atomic E-state index is 14.3. The lowest BCUT2D eigenvalue weighted by Crippen LogP contribution is -2.43. The van der Waals surface area contributed by atoms with Gasteiger partial charge in [-0.25, -0.2) is 0 Å². The maximum Gasteiger partial charge on any atom is 0.416 e. The van der Waals surface area contributed by atoms with Crippen molar-refractivity contribution in [3.8, 4) is 0 Å². The summed E-state index contributed by atoms with van der Waals surface area (Å²) in [6, 6.07) is 10.8. The van der Waals surface area contributed by atoms with Gasteiger partial charge in [0.2, 0.25) is 0 Å². The van der Waals surface area contributed by atoms with Crippen molar-refractivity contribution in [2.24, 2.45) is 13.0 Å². The molecular formula is C30H36F3N5O2. The number of fused-ring (bicyclic) bond motifs is 1. The summed E-state index contributed by atoms with van der Waals surface area (Å²) < 4.78 is 50.7. The summed E-state index contributed by atoms with van der Waals surface area (Å²) in [6.07, 6.45) is -1.24. The van der Waals surface area contributed by atoms with Crippen LogP contribution in [0.4, 0.5) is 18.9 Å². The summed E-state index contributed by atoms with van der Waals surface area (Å²) in [5.41, 5.74) is 1.78. The third-order valence-electron chi connectivity index (χ3n) is 8.90. The second-order valence-electron chi connectivity index (χ2n) is 11.8. The number of ether oxygens (including phenoxy) is 1. The average Bonchev–Trinajstić information content (AvgIpc) is 3.49. The molecule has 10 heteroatoms. The highest BCUT2D eigenvalue weighted by Gasteiger charge is 2.48. The Balaban J connectivity index is 1.33. The van der Waals surface area contributed by atoms with Crippen LogP contribution in [0.3, 0.4) is 0 Å². The number of rotatable bonds is 6. The summed E-state index contributed by atoms with van der Waals surface area (Å²) in [6.45, 7) is 6.54. The molecule has 0 spiro atoms. The molecule has 2 aromatic carbocycles. The molecule has 3 aromatic rings. The van der Waals surface area contributed by atoms with Gasteiger partial charge in [0.25, 0.3) is 0 Å². The predicted octanol–water partition coefficient (Wildman–Crippen LogP) is 5.17. The molecule has 1 saturated carbocycles. The first kappa shape index (κ1) is 27.2. The van der Waals surface area contributed by atoms with Crippen molar-refractivity contribution in [1.29, 1.82) is 0 Å². The molecular weight excluding hydrogens is 519 g/mol. The molecule has 7 nitrogen and oxygen atoms in total. The van der Waals surface area contributed by atoms with Crippen molar-refractivity contribution in [1.82, 2.24) is 19.7 Å². The number of benzene rings is 2. The molecule has 0 bridgehead atoms. The number of aryl methyl sites for hydroxylation is 1. The number of morpholine rings is 1. The minimum absolute atomic E-state index is 0.0160. The monoisotopic (exact) mass is 555 g/mol. The first-order valence-electron chi connectivity index (χ1n) is 14.1. The van der Waals surface area contributed by atoms with Crippen molar-refractivity contribution >= 4 is 5.69 Å². The molecule has 0 radical (unpaired) electrons. The molecule has 2 atom stereocenters. The van der Waals surface area contributed by atoms with Gasteiger partial charge >= 0.3 is 6.18 Å². The van der Waals surface area contributed by atoms with E-state index in [2.05, 4.69) is 22.0 Å². The van der Waals surface area contributed by atoms with E-state index in [0.717, 1.165) is 30.7 Å². The Morgan fingerprint density at radius 3 is 2.65 bits per heavy atom. The molecule has 214 valence electrons. The van der Waals surface area contributed by atoms with Gasteiger partial charge in [-0.2, -0.15) is 13.2 Å². The highest BCUT2D eigenvalue weighted by molar-refractivity contribution is 5.59. The molecule has 1 saturated heterocycles. The lowest BCUT2D eigenvalue weighted by atomic mass is 9.58. The Labute approximate surface area is 232 Å². The zero-order valence-electron chi connectivity index (χ0n) is 23.2. The van der Waals surface area contributed by atoms with Gasteiger partial charge in [0.05, 0.1) is 23.7 Å². The molecule has 0 amide bonds. The van der Waals surface area contributed by atoms with Crippen LogP contribution in [0, 0.1) is 5.92 Å². The Morgan fingerprint density at radius 2 is 1.98 bits per heavy atom. The van der Waals surface area contributed by atoms with E-state index < -0.39 is 18.0 Å². The van der Waals surface area contributed by atoms with Gasteiger partial charge in [0, 0.05) is 44.5 Å². The minimum Gasteiger partial charge on any atom is -0.376 e. The molecule has 3 aliphatic rings. The topological polar surface area (TPSA) is 66.7 Å². The summed E-state index contributed by atoms with van der Waals surface area (Å²) in [5.74, 6) is 1.40. The first-order valence-corrected chi connectivity index (χ1v) is 14.1. The molecule has 1 aliphatic carbocycles. The van der Waals surface area contributed by atoms with E-state index in [9.17, 15) is 18.3 Å². The van der Waals surface area contributed by atoms with Crippen LogP contribution in [-0.4, -0.2) is 50.6 Å². The predicted molar refractivity (Wildman–Crippen MR) is 145 cm³/mol. The van der Waals surface area contributed by atoms with Crippen molar-refractivity contribution < 1.29 is 23.0 Å². The normalized spacial score (nSPS) is 27.1. The fourth-order valence-corrected chi connectivity index (χ4v) is 6.97. The van der Waals surface area contributed by atoms with Gasteiger partial charge in [0.15, 0.2) is 6.23 Å².